The zero-order chi connectivity index (χ0) is 23.1. The number of oxime groups is 1. The smallest absolute Gasteiger partial charge is 0.374 e. The Labute approximate surface area is 197 Å². The maximum absolute atomic E-state index is 14.1. The Morgan fingerprint density at radius 2 is 1.91 bits per heavy atom. The van der Waals surface area contributed by atoms with E-state index >= 15 is 0 Å². The standard InChI is InChI=1S/C22H19Cl2F3N2O2S/c1-12-4-14(2-3-18(12)20(30)28-9-13-10-32-11-13)19-8-21(31-29-19,22(25,26)27)15-5-16(23)7-17(24)6-15/h2-7,13H,8-11H2,1H3,(H,28,30)/t21-/m1/s1. The first-order chi connectivity index (χ1) is 15.1. The molecule has 32 heavy (non-hydrogen) atoms. The van der Waals surface area contributed by atoms with E-state index in [0.29, 0.717) is 29.2 Å². The SMILES string of the molecule is Cc1cc(C2=NO[C@](c3cc(Cl)cc(Cl)c3)(C(F)(F)F)C2)ccc1C(=O)NCC1CSC1. The molecule has 0 radical (unpaired) electrons. The van der Waals surface area contributed by atoms with Crippen LogP contribution >= 0.6 is 35.0 Å². The fourth-order valence-corrected chi connectivity index (χ4v) is 5.01. The zero-order valence-corrected chi connectivity index (χ0v) is 19.3. The number of nitrogens with one attached hydrogen (secondary N) is 1. The summed E-state index contributed by atoms with van der Waals surface area (Å²) in [7, 11) is 0. The van der Waals surface area contributed by atoms with Crippen molar-refractivity contribution in [2.75, 3.05) is 18.1 Å². The molecule has 1 fully saturated rings. The number of nitrogens with zero attached hydrogens (tertiary/aromatic N) is 1. The molecule has 10 heteroatoms. The van der Waals surface area contributed by atoms with Gasteiger partial charge in [0.2, 0.25) is 0 Å². The average Bonchev–Trinajstić information content (AvgIpc) is 3.12. The van der Waals surface area contributed by atoms with Crippen molar-refractivity contribution in [1.29, 1.82) is 0 Å². The molecule has 2 aliphatic heterocycles. The summed E-state index contributed by atoms with van der Waals surface area (Å²) < 4.78 is 42.4. The van der Waals surface area contributed by atoms with Gasteiger partial charge >= 0.3 is 6.18 Å². The van der Waals surface area contributed by atoms with Gasteiger partial charge in [-0.2, -0.15) is 24.9 Å². The molecule has 1 N–H and O–H groups in total. The molecule has 170 valence electrons. The van der Waals surface area contributed by atoms with Gasteiger partial charge in [-0.25, -0.2) is 0 Å². The van der Waals surface area contributed by atoms with E-state index in [2.05, 4.69) is 10.5 Å². The van der Waals surface area contributed by atoms with Gasteiger partial charge in [-0.05, 0) is 65.8 Å². The fraction of sp³-hybridized carbons (Fsp3) is 0.364. The topological polar surface area (TPSA) is 50.7 Å². The monoisotopic (exact) mass is 502 g/mol. The van der Waals surface area contributed by atoms with E-state index in [1.807, 2.05) is 11.8 Å². The second-order valence-electron chi connectivity index (χ2n) is 7.93. The molecule has 2 aromatic rings. The Morgan fingerprint density at radius 3 is 2.47 bits per heavy atom. The quantitative estimate of drug-likeness (QED) is 0.547. The summed E-state index contributed by atoms with van der Waals surface area (Å²) >= 11 is 13.7. The highest BCUT2D eigenvalue weighted by Crippen LogP contribution is 2.49. The van der Waals surface area contributed by atoms with Gasteiger partial charge in [-0.1, -0.05) is 34.4 Å². The second kappa shape index (κ2) is 8.80. The number of aryl methyl sites for hydroxylation is 1. The molecule has 2 heterocycles. The number of halogens is 5. The number of hydrogen-bond acceptors (Lipinski definition) is 4. The van der Waals surface area contributed by atoms with Crippen LogP contribution < -0.4 is 5.32 Å². The van der Waals surface area contributed by atoms with E-state index in [1.54, 1.807) is 25.1 Å². The summed E-state index contributed by atoms with van der Waals surface area (Å²) in [6.07, 6.45) is -5.31. The van der Waals surface area contributed by atoms with E-state index in [1.165, 1.54) is 18.2 Å². The lowest BCUT2D eigenvalue weighted by Crippen LogP contribution is -2.42. The number of amides is 1. The summed E-state index contributed by atoms with van der Waals surface area (Å²) in [6.45, 7) is 2.35. The van der Waals surface area contributed by atoms with Gasteiger partial charge in [0.05, 0.1) is 5.71 Å². The van der Waals surface area contributed by atoms with Crippen molar-refractivity contribution in [3.63, 3.8) is 0 Å². The third-order valence-electron chi connectivity index (χ3n) is 5.58. The minimum absolute atomic E-state index is 0.0693. The first-order valence-electron chi connectivity index (χ1n) is 9.84. The zero-order valence-electron chi connectivity index (χ0n) is 16.9. The average molecular weight is 503 g/mol. The third kappa shape index (κ3) is 4.45. The molecule has 4 nitrogen and oxygen atoms in total. The Morgan fingerprint density at radius 1 is 1.22 bits per heavy atom. The summed E-state index contributed by atoms with van der Waals surface area (Å²) in [5.74, 6) is 2.37. The predicted molar refractivity (Wildman–Crippen MR) is 121 cm³/mol. The minimum atomic E-state index is -4.76. The van der Waals surface area contributed by atoms with E-state index in [-0.39, 0.29) is 27.2 Å². The predicted octanol–water partition coefficient (Wildman–Crippen LogP) is 5.98. The van der Waals surface area contributed by atoms with Crippen LogP contribution in [0.2, 0.25) is 10.0 Å². The molecule has 2 aliphatic rings. The number of rotatable bonds is 5. The number of alkyl halides is 3. The first-order valence-corrected chi connectivity index (χ1v) is 11.8. The maximum atomic E-state index is 14.1. The lowest BCUT2D eigenvalue weighted by molar-refractivity contribution is -0.275. The van der Waals surface area contributed by atoms with Gasteiger partial charge in [-0.3, -0.25) is 4.79 Å². The first kappa shape index (κ1) is 23.3. The van der Waals surface area contributed by atoms with Crippen LogP contribution in [0.4, 0.5) is 13.2 Å². The fourth-order valence-electron chi connectivity index (χ4n) is 3.68. The van der Waals surface area contributed by atoms with Crippen LogP contribution in [0, 0.1) is 12.8 Å². The Hall–Kier alpha value is -1.90. The van der Waals surface area contributed by atoms with Crippen molar-refractivity contribution < 1.29 is 22.8 Å². The number of thioether (sulfide) groups is 1. The summed E-state index contributed by atoms with van der Waals surface area (Å²) in [4.78, 5) is 17.5. The van der Waals surface area contributed by atoms with Crippen LogP contribution in [0.1, 0.15) is 33.5 Å². The van der Waals surface area contributed by atoms with E-state index < -0.39 is 18.2 Å². The van der Waals surface area contributed by atoms with Gasteiger partial charge in [0.1, 0.15) is 0 Å². The Bertz CT molecular complexity index is 1070. The van der Waals surface area contributed by atoms with Crippen LogP contribution in [0.5, 0.6) is 0 Å². The van der Waals surface area contributed by atoms with Gasteiger partial charge in [0, 0.05) is 34.1 Å². The van der Waals surface area contributed by atoms with E-state index in [9.17, 15) is 18.0 Å². The van der Waals surface area contributed by atoms with Crippen molar-refractivity contribution in [1.82, 2.24) is 5.32 Å². The van der Waals surface area contributed by atoms with Crippen molar-refractivity contribution >= 4 is 46.6 Å². The lowest BCUT2D eigenvalue weighted by atomic mass is 9.86. The van der Waals surface area contributed by atoms with Crippen molar-refractivity contribution in [2.24, 2.45) is 11.1 Å². The molecule has 1 atom stereocenters. The summed E-state index contributed by atoms with van der Waals surface area (Å²) in [5.41, 5.74) is -1.22. The molecule has 1 amide bonds. The van der Waals surface area contributed by atoms with Crippen LogP contribution in [-0.2, 0) is 10.4 Å². The Kier molecular flexibility index (Phi) is 6.40. The van der Waals surface area contributed by atoms with E-state index in [0.717, 1.165) is 11.5 Å². The highest BCUT2D eigenvalue weighted by molar-refractivity contribution is 8.00. The van der Waals surface area contributed by atoms with Gasteiger partial charge in [0.25, 0.3) is 11.5 Å². The summed E-state index contributed by atoms with van der Waals surface area (Å²) in [5, 5.41) is 6.82. The Balaban J connectivity index is 1.57. The lowest BCUT2D eigenvalue weighted by Gasteiger charge is -2.29. The molecular formula is C22H19Cl2F3N2O2S. The minimum Gasteiger partial charge on any atom is -0.374 e. The van der Waals surface area contributed by atoms with Crippen molar-refractivity contribution in [3.05, 3.63) is 68.7 Å². The molecule has 2 aromatic carbocycles. The molecule has 0 aliphatic carbocycles. The van der Waals surface area contributed by atoms with Crippen LogP contribution in [-0.4, -0.2) is 35.8 Å². The van der Waals surface area contributed by atoms with Crippen molar-refractivity contribution in [2.45, 2.75) is 25.1 Å². The third-order valence-corrected chi connectivity index (χ3v) is 7.43. The molecular weight excluding hydrogens is 484 g/mol. The molecule has 0 aromatic heterocycles. The molecule has 1 saturated heterocycles. The van der Waals surface area contributed by atoms with Crippen molar-refractivity contribution in [3.8, 4) is 0 Å². The highest BCUT2D eigenvalue weighted by atomic mass is 35.5. The second-order valence-corrected chi connectivity index (χ2v) is 9.88. The highest BCUT2D eigenvalue weighted by Gasteiger charge is 2.62. The molecule has 0 spiro atoms. The largest absolute Gasteiger partial charge is 0.435 e. The maximum Gasteiger partial charge on any atom is 0.435 e. The van der Waals surface area contributed by atoms with Crippen LogP contribution in [0.25, 0.3) is 0 Å². The number of benzene rings is 2. The molecule has 0 unspecified atom stereocenters. The number of carbonyl (C=O) groups excluding carboxylic acids is 1. The number of hydrogen-bond donors (Lipinski definition) is 1. The normalized spacial score (nSPS) is 21.0. The van der Waals surface area contributed by atoms with Gasteiger partial charge < -0.3 is 10.2 Å². The van der Waals surface area contributed by atoms with Crippen LogP contribution in [0.3, 0.4) is 0 Å². The molecule has 0 bridgehead atoms. The number of carbonyl (C=O) groups is 1. The molecule has 4 rings (SSSR count). The van der Waals surface area contributed by atoms with Gasteiger partial charge in [0.15, 0.2) is 0 Å². The van der Waals surface area contributed by atoms with E-state index in [4.69, 9.17) is 28.0 Å². The van der Waals surface area contributed by atoms with Gasteiger partial charge in [-0.15, -0.1) is 0 Å². The van der Waals surface area contributed by atoms with Crippen LogP contribution in [0.15, 0.2) is 41.6 Å². The molecule has 0 saturated carbocycles. The summed E-state index contributed by atoms with van der Waals surface area (Å²) in [6, 6.07) is 8.54.